The fourth-order valence-electron chi connectivity index (χ4n) is 5.53. The van der Waals surface area contributed by atoms with E-state index in [0.717, 1.165) is 30.8 Å². The molecule has 0 saturated carbocycles. The first kappa shape index (κ1) is 26.7. The van der Waals surface area contributed by atoms with Gasteiger partial charge in [0.05, 0.1) is 16.8 Å². The van der Waals surface area contributed by atoms with Gasteiger partial charge in [-0.05, 0) is 29.5 Å². The summed E-state index contributed by atoms with van der Waals surface area (Å²) in [6.07, 6.45) is 3.45. The first-order valence-corrected chi connectivity index (χ1v) is 15.5. The molecule has 0 radical (unpaired) electrons. The molecule has 5 rings (SSSR count). The van der Waals surface area contributed by atoms with Crippen LogP contribution >= 0.6 is 23.5 Å². The second-order valence-electron chi connectivity index (χ2n) is 9.85. The minimum atomic E-state index is -0.365. The van der Waals surface area contributed by atoms with E-state index < -0.39 is 0 Å². The summed E-state index contributed by atoms with van der Waals surface area (Å²) in [7, 11) is 0. The molecular formula is C31H35N3O2S2. The van der Waals surface area contributed by atoms with Gasteiger partial charge in [0, 0.05) is 29.7 Å². The normalized spacial score (nSPS) is 20.4. The molecule has 0 aromatic heterocycles. The lowest BCUT2D eigenvalue weighted by Gasteiger charge is -2.35. The van der Waals surface area contributed by atoms with E-state index >= 15 is 0 Å². The standard InChI is InChI=1S/C31H35N3O2S2/c35-28(19-11-10-18-27-29-26(22-37-27)33-30(36)34-29)32-20-21-38-31(23-12-4-1-5-13-23,24-14-6-2-7-15-24)25-16-8-3-9-17-25/h1-9,12-17,26-27,29H,10-11,18-22H2,(H,32,35)(H2,33,34,36)/t26-,27-,29-/m0/s1. The van der Waals surface area contributed by atoms with Gasteiger partial charge in [-0.3, -0.25) is 4.79 Å². The average molecular weight is 546 g/mol. The highest BCUT2D eigenvalue weighted by Gasteiger charge is 2.42. The SMILES string of the molecule is O=C(CCCC[C@@H]1SC[C@@H]2NC(=O)N[C@@H]21)NCCSC(c1ccccc1)(c1ccccc1)c1ccccc1. The second-order valence-corrected chi connectivity index (χ2v) is 12.4. The number of rotatable bonds is 12. The Bertz CT molecular complexity index is 1100. The molecular weight excluding hydrogens is 510 g/mol. The van der Waals surface area contributed by atoms with Gasteiger partial charge in [0.1, 0.15) is 0 Å². The molecule has 2 fully saturated rings. The van der Waals surface area contributed by atoms with E-state index in [1.165, 1.54) is 16.7 Å². The molecule has 198 valence electrons. The Balaban J connectivity index is 1.16. The number of hydrogen-bond donors (Lipinski definition) is 3. The molecule has 2 heterocycles. The number of unbranched alkanes of at least 4 members (excludes halogenated alkanes) is 1. The van der Waals surface area contributed by atoms with E-state index in [1.807, 2.05) is 23.5 Å². The van der Waals surface area contributed by atoms with E-state index in [1.54, 1.807) is 0 Å². The lowest BCUT2D eigenvalue weighted by atomic mass is 9.84. The van der Waals surface area contributed by atoms with Crippen LogP contribution in [0.15, 0.2) is 91.0 Å². The summed E-state index contributed by atoms with van der Waals surface area (Å²) in [5.74, 6) is 1.88. The lowest BCUT2D eigenvalue weighted by Crippen LogP contribution is -2.36. The fourth-order valence-corrected chi connectivity index (χ4v) is 8.49. The summed E-state index contributed by atoms with van der Waals surface area (Å²) in [5.41, 5.74) is 3.69. The van der Waals surface area contributed by atoms with Crippen molar-refractivity contribution in [2.45, 2.75) is 47.8 Å². The van der Waals surface area contributed by atoms with Crippen LogP contribution in [0, 0.1) is 0 Å². The molecule has 0 bridgehead atoms. The molecule has 3 aromatic rings. The molecule has 2 saturated heterocycles. The number of amides is 3. The molecule has 0 unspecified atom stereocenters. The Labute approximate surface area is 233 Å². The summed E-state index contributed by atoms with van der Waals surface area (Å²) in [6.45, 7) is 0.623. The molecule has 5 nitrogen and oxygen atoms in total. The molecule has 3 aromatic carbocycles. The van der Waals surface area contributed by atoms with Gasteiger partial charge in [-0.25, -0.2) is 4.79 Å². The van der Waals surface area contributed by atoms with Crippen molar-refractivity contribution in [3.8, 4) is 0 Å². The van der Waals surface area contributed by atoms with Crippen molar-refractivity contribution in [1.82, 2.24) is 16.0 Å². The van der Waals surface area contributed by atoms with Gasteiger partial charge >= 0.3 is 6.03 Å². The van der Waals surface area contributed by atoms with Crippen molar-refractivity contribution in [3.63, 3.8) is 0 Å². The summed E-state index contributed by atoms with van der Waals surface area (Å²) < 4.78 is -0.365. The van der Waals surface area contributed by atoms with Crippen LogP contribution < -0.4 is 16.0 Å². The smallest absolute Gasteiger partial charge is 0.315 e. The Kier molecular flexibility index (Phi) is 8.97. The zero-order valence-corrected chi connectivity index (χ0v) is 23.1. The van der Waals surface area contributed by atoms with Gasteiger partial charge in [0.2, 0.25) is 5.91 Å². The first-order valence-electron chi connectivity index (χ1n) is 13.4. The molecule has 7 heteroatoms. The number of carbonyl (C=O) groups is 2. The van der Waals surface area contributed by atoms with Crippen LogP contribution in [0.3, 0.4) is 0 Å². The predicted octanol–water partition coefficient (Wildman–Crippen LogP) is 5.55. The molecule has 0 aliphatic carbocycles. The van der Waals surface area contributed by atoms with Crippen LogP contribution in [0.25, 0.3) is 0 Å². The van der Waals surface area contributed by atoms with Crippen molar-refractivity contribution in [2.75, 3.05) is 18.1 Å². The van der Waals surface area contributed by atoms with Gasteiger partial charge in [0.15, 0.2) is 0 Å². The van der Waals surface area contributed by atoms with Gasteiger partial charge < -0.3 is 16.0 Å². The summed E-state index contributed by atoms with van der Waals surface area (Å²) >= 11 is 3.79. The zero-order chi connectivity index (χ0) is 26.2. The first-order chi connectivity index (χ1) is 18.7. The van der Waals surface area contributed by atoms with Crippen molar-refractivity contribution in [3.05, 3.63) is 108 Å². The lowest BCUT2D eigenvalue weighted by molar-refractivity contribution is -0.121. The summed E-state index contributed by atoms with van der Waals surface area (Å²) in [4.78, 5) is 24.2. The molecule has 3 atom stereocenters. The van der Waals surface area contributed by atoms with Crippen LogP contribution in [0.1, 0.15) is 42.4 Å². The number of benzene rings is 3. The quantitative estimate of drug-likeness (QED) is 0.158. The molecule has 0 spiro atoms. The third kappa shape index (κ3) is 6.05. The Morgan fingerprint density at radius 1 is 0.868 bits per heavy atom. The Morgan fingerprint density at radius 2 is 1.45 bits per heavy atom. The summed E-state index contributed by atoms with van der Waals surface area (Å²) in [6, 6.07) is 32.4. The molecule has 2 aliphatic heterocycles. The number of hydrogen-bond acceptors (Lipinski definition) is 4. The largest absolute Gasteiger partial charge is 0.355 e. The number of urea groups is 1. The Hall–Kier alpha value is -2.90. The number of fused-ring (bicyclic) bond motifs is 1. The van der Waals surface area contributed by atoms with E-state index in [0.29, 0.717) is 18.2 Å². The monoisotopic (exact) mass is 545 g/mol. The average Bonchev–Trinajstić information content (AvgIpc) is 3.52. The van der Waals surface area contributed by atoms with Gasteiger partial charge in [0.25, 0.3) is 0 Å². The highest BCUT2D eigenvalue weighted by Crippen LogP contribution is 2.48. The predicted molar refractivity (Wildman–Crippen MR) is 159 cm³/mol. The maximum atomic E-state index is 12.6. The van der Waals surface area contributed by atoms with Crippen LogP contribution in [0.2, 0.25) is 0 Å². The third-order valence-corrected chi connectivity index (χ3v) is 10.4. The van der Waals surface area contributed by atoms with Gasteiger partial charge in [-0.1, -0.05) is 97.4 Å². The maximum absolute atomic E-state index is 12.6. The molecule has 2 aliphatic rings. The highest BCUT2D eigenvalue weighted by atomic mass is 32.2. The topological polar surface area (TPSA) is 70.2 Å². The Morgan fingerprint density at radius 3 is 2.03 bits per heavy atom. The number of nitrogens with one attached hydrogen (secondary N) is 3. The van der Waals surface area contributed by atoms with Gasteiger partial charge in [-0.15, -0.1) is 11.8 Å². The van der Waals surface area contributed by atoms with Crippen LogP contribution in [0.4, 0.5) is 4.79 Å². The number of carbonyl (C=O) groups excluding carboxylic acids is 2. The minimum absolute atomic E-state index is 0.0432. The van der Waals surface area contributed by atoms with E-state index in [9.17, 15) is 9.59 Å². The number of thioether (sulfide) groups is 2. The van der Waals surface area contributed by atoms with Crippen molar-refractivity contribution < 1.29 is 9.59 Å². The van der Waals surface area contributed by atoms with E-state index in [2.05, 4.69) is 107 Å². The third-order valence-electron chi connectivity index (χ3n) is 7.36. The van der Waals surface area contributed by atoms with Gasteiger partial charge in [-0.2, -0.15) is 11.8 Å². The minimum Gasteiger partial charge on any atom is -0.355 e. The second kappa shape index (κ2) is 12.8. The maximum Gasteiger partial charge on any atom is 0.315 e. The molecule has 3 N–H and O–H groups in total. The summed E-state index contributed by atoms with van der Waals surface area (Å²) in [5, 5.41) is 9.63. The van der Waals surface area contributed by atoms with E-state index in [4.69, 9.17) is 0 Å². The molecule has 3 amide bonds. The van der Waals surface area contributed by atoms with E-state index in [-0.39, 0.29) is 28.8 Å². The van der Waals surface area contributed by atoms with Crippen LogP contribution in [0.5, 0.6) is 0 Å². The molecule has 38 heavy (non-hydrogen) atoms. The van der Waals surface area contributed by atoms with Crippen LogP contribution in [-0.2, 0) is 9.54 Å². The highest BCUT2D eigenvalue weighted by molar-refractivity contribution is 8.00. The van der Waals surface area contributed by atoms with Crippen molar-refractivity contribution in [1.29, 1.82) is 0 Å². The zero-order valence-electron chi connectivity index (χ0n) is 21.5. The fraction of sp³-hybridized carbons (Fsp3) is 0.355. The van der Waals surface area contributed by atoms with Crippen LogP contribution in [-0.4, -0.2) is 47.3 Å². The van der Waals surface area contributed by atoms with Crippen molar-refractivity contribution >= 4 is 35.5 Å². The van der Waals surface area contributed by atoms with Crippen molar-refractivity contribution in [2.24, 2.45) is 0 Å².